The third-order valence-electron chi connectivity index (χ3n) is 3.60. The highest BCUT2D eigenvalue weighted by molar-refractivity contribution is 5.95. The minimum absolute atomic E-state index is 0.157. The van der Waals surface area contributed by atoms with E-state index >= 15 is 0 Å². The van der Waals surface area contributed by atoms with Crippen molar-refractivity contribution in [1.82, 2.24) is 14.8 Å². The zero-order valence-electron chi connectivity index (χ0n) is 11.1. The number of nitrogens with zero attached hydrogens (tertiary/aromatic N) is 4. The Labute approximate surface area is 117 Å². The maximum atomic E-state index is 11.9. The molecule has 2 aromatic rings. The van der Waals surface area contributed by atoms with Gasteiger partial charge in [0.15, 0.2) is 0 Å². The maximum absolute atomic E-state index is 11.9. The minimum Gasteiger partial charge on any atom is -0.330 e. The van der Waals surface area contributed by atoms with Crippen molar-refractivity contribution in [2.75, 3.05) is 18.0 Å². The van der Waals surface area contributed by atoms with Crippen molar-refractivity contribution in [3.05, 3.63) is 42.5 Å². The fraction of sp³-hybridized carbons (Fsp3) is 0.357. The van der Waals surface area contributed by atoms with E-state index in [1.54, 1.807) is 11.0 Å². The standard InChI is InChI=1S/C14H17N5O/c15-6-12-5-14(20)19(8-12)13-3-1-11(2-4-13)7-18-10-16-9-17-18/h1-4,9-10,12H,5-8,15H2. The summed E-state index contributed by atoms with van der Waals surface area (Å²) in [5.74, 6) is 0.432. The van der Waals surface area contributed by atoms with Gasteiger partial charge in [-0.3, -0.25) is 4.79 Å². The minimum atomic E-state index is 0.157. The van der Waals surface area contributed by atoms with Crippen LogP contribution in [-0.4, -0.2) is 33.8 Å². The Kier molecular flexibility index (Phi) is 3.47. The lowest BCUT2D eigenvalue weighted by Gasteiger charge is -2.17. The van der Waals surface area contributed by atoms with E-state index in [2.05, 4.69) is 10.1 Å². The van der Waals surface area contributed by atoms with E-state index in [0.29, 0.717) is 19.5 Å². The van der Waals surface area contributed by atoms with Crippen LogP contribution in [0.3, 0.4) is 0 Å². The largest absolute Gasteiger partial charge is 0.330 e. The van der Waals surface area contributed by atoms with Gasteiger partial charge in [0.05, 0.1) is 6.54 Å². The molecule has 1 atom stereocenters. The first-order chi connectivity index (χ1) is 9.76. The summed E-state index contributed by atoms with van der Waals surface area (Å²) in [4.78, 5) is 17.7. The third kappa shape index (κ3) is 2.55. The zero-order valence-corrected chi connectivity index (χ0v) is 11.1. The van der Waals surface area contributed by atoms with Crippen LogP contribution >= 0.6 is 0 Å². The molecular formula is C14H17N5O. The maximum Gasteiger partial charge on any atom is 0.227 e. The van der Waals surface area contributed by atoms with Crippen molar-refractivity contribution < 1.29 is 4.79 Å². The highest BCUT2D eigenvalue weighted by Gasteiger charge is 2.29. The summed E-state index contributed by atoms with van der Waals surface area (Å²) in [6, 6.07) is 7.98. The Morgan fingerprint density at radius 2 is 2.10 bits per heavy atom. The molecule has 2 N–H and O–H groups in total. The quantitative estimate of drug-likeness (QED) is 0.885. The second kappa shape index (κ2) is 5.42. The fourth-order valence-corrected chi connectivity index (χ4v) is 2.47. The van der Waals surface area contributed by atoms with Crippen LogP contribution < -0.4 is 10.6 Å². The average Bonchev–Trinajstić information content (AvgIpc) is 3.09. The Balaban J connectivity index is 1.71. The number of anilines is 1. The summed E-state index contributed by atoms with van der Waals surface area (Å²) in [5.41, 5.74) is 7.71. The van der Waals surface area contributed by atoms with E-state index in [1.807, 2.05) is 29.2 Å². The Morgan fingerprint density at radius 1 is 1.30 bits per heavy atom. The summed E-state index contributed by atoms with van der Waals surface area (Å²) < 4.78 is 1.76. The number of amides is 1. The van der Waals surface area contributed by atoms with Crippen LogP contribution in [0.2, 0.25) is 0 Å². The molecule has 1 aromatic heterocycles. The molecule has 0 aliphatic carbocycles. The van der Waals surface area contributed by atoms with Gasteiger partial charge in [0, 0.05) is 18.7 Å². The normalized spacial score (nSPS) is 18.8. The Bertz CT molecular complexity index is 578. The van der Waals surface area contributed by atoms with Crippen molar-refractivity contribution in [3.8, 4) is 0 Å². The monoisotopic (exact) mass is 271 g/mol. The predicted molar refractivity (Wildman–Crippen MR) is 75.1 cm³/mol. The molecule has 1 saturated heterocycles. The summed E-state index contributed by atoms with van der Waals surface area (Å²) in [6.45, 7) is 1.96. The van der Waals surface area contributed by atoms with Gasteiger partial charge in [0.2, 0.25) is 5.91 Å². The molecule has 3 rings (SSSR count). The number of hydrogen-bond donors (Lipinski definition) is 1. The molecule has 0 radical (unpaired) electrons. The molecule has 1 aromatic carbocycles. The van der Waals surface area contributed by atoms with Crippen molar-refractivity contribution in [3.63, 3.8) is 0 Å². The van der Waals surface area contributed by atoms with Gasteiger partial charge in [-0.25, -0.2) is 9.67 Å². The summed E-state index contributed by atoms with van der Waals surface area (Å²) >= 11 is 0. The molecule has 1 amide bonds. The first-order valence-electron chi connectivity index (χ1n) is 6.68. The van der Waals surface area contributed by atoms with E-state index < -0.39 is 0 Å². The van der Waals surface area contributed by atoms with Crippen LogP contribution in [0.25, 0.3) is 0 Å². The number of nitrogens with two attached hydrogens (primary N) is 1. The van der Waals surface area contributed by atoms with E-state index in [1.165, 1.54) is 6.33 Å². The number of carbonyl (C=O) groups is 1. The van der Waals surface area contributed by atoms with E-state index in [-0.39, 0.29) is 11.8 Å². The fourth-order valence-electron chi connectivity index (χ4n) is 2.47. The molecule has 2 heterocycles. The number of rotatable bonds is 4. The molecule has 1 unspecified atom stereocenters. The molecule has 0 bridgehead atoms. The van der Waals surface area contributed by atoms with Crippen molar-refractivity contribution in [1.29, 1.82) is 0 Å². The summed E-state index contributed by atoms with van der Waals surface area (Å²) in [6.07, 6.45) is 3.76. The van der Waals surface area contributed by atoms with Gasteiger partial charge in [0.25, 0.3) is 0 Å². The number of aromatic nitrogens is 3. The average molecular weight is 271 g/mol. The molecule has 6 heteroatoms. The summed E-state index contributed by atoms with van der Waals surface area (Å²) in [5, 5.41) is 4.07. The molecule has 104 valence electrons. The highest BCUT2D eigenvalue weighted by atomic mass is 16.2. The second-order valence-electron chi connectivity index (χ2n) is 5.07. The van der Waals surface area contributed by atoms with Crippen LogP contribution in [0.1, 0.15) is 12.0 Å². The number of hydrogen-bond acceptors (Lipinski definition) is 4. The van der Waals surface area contributed by atoms with E-state index in [9.17, 15) is 4.79 Å². The lowest BCUT2D eigenvalue weighted by atomic mass is 10.1. The number of carbonyl (C=O) groups excluding carboxylic acids is 1. The molecule has 0 spiro atoms. The van der Waals surface area contributed by atoms with Gasteiger partial charge < -0.3 is 10.6 Å². The molecular weight excluding hydrogens is 254 g/mol. The number of benzene rings is 1. The lowest BCUT2D eigenvalue weighted by molar-refractivity contribution is -0.117. The van der Waals surface area contributed by atoms with Crippen LogP contribution in [0.15, 0.2) is 36.9 Å². The molecule has 20 heavy (non-hydrogen) atoms. The molecule has 1 fully saturated rings. The lowest BCUT2D eigenvalue weighted by Crippen LogP contribution is -2.25. The first-order valence-corrected chi connectivity index (χ1v) is 6.68. The van der Waals surface area contributed by atoms with Crippen LogP contribution in [0.5, 0.6) is 0 Å². The van der Waals surface area contributed by atoms with Gasteiger partial charge in [0.1, 0.15) is 12.7 Å². The van der Waals surface area contributed by atoms with Gasteiger partial charge in [-0.2, -0.15) is 5.10 Å². The van der Waals surface area contributed by atoms with Crippen LogP contribution in [0.4, 0.5) is 5.69 Å². The molecule has 0 saturated carbocycles. The van der Waals surface area contributed by atoms with E-state index in [0.717, 1.165) is 17.8 Å². The van der Waals surface area contributed by atoms with Gasteiger partial charge in [-0.15, -0.1) is 0 Å². The molecule has 6 nitrogen and oxygen atoms in total. The zero-order chi connectivity index (χ0) is 13.9. The van der Waals surface area contributed by atoms with Crippen molar-refractivity contribution in [2.45, 2.75) is 13.0 Å². The van der Waals surface area contributed by atoms with Crippen LogP contribution in [0, 0.1) is 5.92 Å². The van der Waals surface area contributed by atoms with E-state index in [4.69, 9.17) is 5.73 Å². The van der Waals surface area contributed by atoms with Crippen LogP contribution in [-0.2, 0) is 11.3 Å². The highest BCUT2D eigenvalue weighted by Crippen LogP contribution is 2.24. The Hall–Kier alpha value is -2.21. The SMILES string of the molecule is NCC1CC(=O)N(c2ccc(Cn3cncn3)cc2)C1. The first kappa shape index (κ1) is 12.8. The predicted octanol–water partition coefficient (Wildman–Crippen LogP) is 0.638. The third-order valence-corrected chi connectivity index (χ3v) is 3.60. The van der Waals surface area contributed by atoms with Gasteiger partial charge >= 0.3 is 0 Å². The second-order valence-corrected chi connectivity index (χ2v) is 5.07. The Morgan fingerprint density at radius 3 is 2.70 bits per heavy atom. The van der Waals surface area contributed by atoms with Gasteiger partial charge in [-0.1, -0.05) is 12.1 Å². The topological polar surface area (TPSA) is 77.0 Å². The molecule has 1 aliphatic rings. The smallest absolute Gasteiger partial charge is 0.227 e. The van der Waals surface area contributed by atoms with Crippen molar-refractivity contribution in [2.24, 2.45) is 11.7 Å². The van der Waals surface area contributed by atoms with Gasteiger partial charge in [-0.05, 0) is 30.2 Å². The molecule has 1 aliphatic heterocycles. The van der Waals surface area contributed by atoms with Crippen molar-refractivity contribution >= 4 is 11.6 Å². The summed E-state index contributed by atoms with van der Waals surface area (Å²) in [7, 11) is 0.